The minimum absolute atomic E-state index is 0.188. The first-order valence-electron chi connectivity index (χ1n) is 12.9. The number of aromatic amines is 1. The predicted molar refractivity (Wildman–Crippen MR) is 145 cm³/mol. The molecular weight excluding hydrogens is 473 g/mol. The Bertz CT molecular complexity index is 1310. The van der Waals surface area contributed by atoms with E-state index in [0.717, 1.165) is 85.6 Å². The highest BCUT2D eigenvalue weighted by Gasteiger charge is 2.23. The van der Waals surface area contributed by atoms with Gasteiger partial charge in [-0.1, -0.05) is 12.2 Å². The molecule has 0 bridgehead atoms. The number of aromatic nitrogens is 2. The molecule has 0 saturated heterocycles. The number of fused-ring (bicyclic) bond motifs is 2. The molecule has 0 amide bonds. The number of hydrogen-bond donors (Lipinski definition) is 1. The monoisotopic (exact) mass is 507 g/mol. The normalized spacial score (nSPS) is 15.2. The van der Waals surface area contributed by atoms with Gasteiger partial charge in [-0.3, -0.25) is 4.90 Å². The Hall–Kier alpha value is -2.74. The number of thiazole rings is 1. The lowest BCUT2D eigenvalue weighted by atomic mass is 9.98. The summed E-state index contributed by atoms with van der Waals surface area (Å²) in [5, 5.41) is 2.06. The van der Waals surface area contributed by atoms with Gasteiger partial charge >= 0.3 is 0 Å². The van der Waals surface area contributed by atoms with Crippen molar-refractivity contribution >= 4 is 32.5 Å². The van der Waals surface area contributed by atoms with E-state index in [1.165, 1.54) is 16.3 Å². The zero-order chi connectivity index (χ0) is 24.7. The Morgan fingerprint density at radius 1 is 1.08 bits per heavy atom. The standard InChI is InChI=1S/C29H34FN3O2S/c1-21-32-27-19-23(10-12-29(27)36-21)35-17-6-5-15-34-16-7-8-28(33-13-3-2-4-14-33)25-20-31-26-11-9-22(30)18-24(25)26/h2-3,9-12,18-20,28,31H,4-8,13-17H2,1H3. The average molecular weight is 508 g/mol. The van der Waals surface area contributed by atoms with Crippen molar-refractivity contribution in [1.82, 2.24) is 14.9 Å². The Morgan fingerprint density at radius 2 is 1.97 bits per heavy atom. The molecule has 2 aromatic heterocycles. The molecule has 5 nitrogen and oxygen atoms in total. The summed E-state index contributed by atoms with van der Waals surface area (Å²) in [5.41, 5.74) is 3.18. The van der Waals surface area contributed by atoms with Gasteiger partial charge < -0.3 is 14.5 Å². The maximum absolute atomic E-state index is 14.0. The molecule has 7 heteroatoms. The highest BCUT2D eigenvalue weighted by Crippen LogP contribution is 2.33. The molecule has 5 rings (SSSR count). The Balaban J connectivity index is 1.05. The van der Waals surface area contributed by atoms with Crippen LogP contribution in [0, 0.1) is 12.7 Å². The van der Waals surface area contributed by atoms with E-state index in [2.05, 4.69) is 39.3 Å². The molecule has 3 heterocycles. The smallest absolute Gasteiger partial charge is 0.123 e. The third-order valence-corrected chi connectivity index (χ3v) is 7.70. The van der Waals surface area contributed by atoms with Crippen molar-refractivity contribution in [2.24, 2.45) is 0 Å². The number of rotatable bonds is 12. The molecule has 1 unspecified atom stereocenters. The van der Waals surface area contributed by atoms with E-state index in [1.807, 2.05) is 25.1 Å². The topological polar surface area (TPSA) is 50.4 Å². The summed E-state index contributed by atoms with van der Waals surface area (Å²) in [5.74, 6) is 0.691. The van der Waals surface area contributed by atoms with Crippen LogP contribution in [0.25, 0.3) is 21.1 Å². The fraction of sp³-hybridized carbons (Fsp3) is 0.414. The van der Waals surface area contributed by atoms with Crippen molar-refractivity contribution in [3.63, 3.8) is 0 Å². The van der Waals surface area contributed by atoms with Crippen LogP contribution in [0.3, 0.4) is 0 Å². The largest absolute Gasteiger partial charge is 0.494 e. The molecule has 4 aromatic rings. The molecule has 0 aliphatic carbocycles. The van der Waals surface area contributed by atoms with E-state index in [0.29, 0.717) is 6.61 Å². The molecule has 1 atom stereocenters. The molecule has 1 N–H and O–H groups in total. The molecule has 0 radical (unpaired) electrons. The van der Waals surface area contributed by atoms with Crippen molar-refractivity contribution in [1.29, 1.82) is 0 Å². The molecular formula is C29H34FN3O2S. The van der Waals surface area contributed by atoms with E-state index in [-0.39, 0.29) is 11.9 Å². The SMILES string of the molecule is Cc1nc2cc(OCCCCOCCCC(c3c[nH]c4ccc(F)cc34)N3CC=CCC3)ccc2s1. The molecule has 0 fully saturated rings. The van der Waals surface area contributed by atoms with Gasteiger partial charge in [0.2, 0.25) is 0 Å². The lowest BCUT2D eigenvalue weighted by molar-refractivity contribution is 0.112. The number of H-pyrrole nitrogens is 1. The van der Waals surface area contributed by atoms with Gasteiger partial charge in [0.1, 0.15) is 11.6 Å². The van der Waals surface area contributed by atoms with Gasteiger partial charge in [-0.05, 0) is 74.9 Å². The number of aryl methyl sites for hydroxylation is 1. The highest BCUT2D eigenvalue weighted by atomic mass is 32.1. The van der Waals surface area contributed by atoms with Crippen molar-refractivity contribution in [3.05, 3.63) is 71.1 Å². The summed E-state index contributed by atoms with van der Waals surface area (Å²) in [4.78, 5) is 10.4. The molecule has 2 aromatic carbocycles. The van der Waals surface area contributed by atoms with Crippen molar-refractivity contribution in [2.45, 2.75) is 45.1 Å². The molecule has 190 valence electrons. The number of benzene rings is 2. The van der Waals surface area contributed by atoms with Crippen LogP contribution in [-0.2, 0) is 4.74 Å². The number of halogens is 1. The molecule has 0 saturated carbocycles. The maximum Gasteiger partial charge on any atom is 0.123 e. The van der Waals surface area contributed by atoms with E-state index in [9.17, 15) is 4.39 Å². The second kappa shape index (κ2) is 12.0. The molecule has 1 aliphatic rings. The first-order valence-corrected chi connectivity index (χ1v) is 13.7. The van der Waals surface area contributed by atoms with Crippen LogP contribution in [-0.4, -0.2) is 47.8 Å². The fourth-order valence-corrected chi connectivity index (χ4v) is 5.76. The van der Waals surface area contributed by atoms with Crippen LogP contribution in [0.1, 0.15) is 48.7 Å². The maximum atomic E-state index is 14.0. The van der Waals surface area contributed by atoms with Gasteiger partial charge in [0.25, 0.3) is 0 Å². The predicted octanol–water partition coefficient (Wildman–Crippen LogP) is 7.18. The van der Waals surface area contributed by atoms with Gasteiger partial charge in [-0.2, -0.15) is 0 Å². The van der Waals surface area contributed by atoms with Crippen LogP contribution in [0.2, 0.25) is 0 Å². The van der Waals surface area contributed by atoms with Gasteiger partial charge in [-0.15, -0.1) is 11.3 Å². The van der Waals surface area contributed by atoms with Crippen molar-refractivity contribution in [3.8, 4) is 5.75 Å². The Kier molecular flexibility index (Phi) is 8.31. The average Bonchev–Trinajstić information content (AvgIpc) is 3.47. The van der Waals surface area contributed by atoms with Gasteiger partial charge in [-0.25, -0.2) is 9.37 Å². The second-order valence-electron chi connectivity index (χ2n) is 9.38. The minimum atomic E-state index is -0.188. The van der Waals surface area contributed by atoms with Crippen LogP contribution in [0.5, 0.6) is 5.75 Å². The first-order chi connectivity index (χ1) is 17.7. The lowest BCUT2D eigenvalue weighted by Gasteiger charge is -2.32. The van der Waals surface area contributed by atoms with E-state index < -0.39 is 0 Å². The zero-order valence-electron chi connectivity index (χ0n) is 20.8. The summed E-state index contributed by atoms with van der Waals surface area (Å²) in [6.07, 6.45) is 11.5. The highest BCUT2D eigenvalue weighted by molar-refractivity contribution is 7.18. The van der Waals surface area contributed by atoms with E-state index >= 15 is 0 Å². The first kappa shape index (κ1) is 24.9. The summed E-state index contributed by atoms with van der Waals surface area (Å²) in [6.45, 7) is 6.14. The number of nitrogens with zero attached hydrogens (tertiary/aromatic N) is 2. The third kappa shape index (κ3) is 6.14. The molecule has 1 aliphatic heterocycles. The number of hydrogen-bond acceptors (Lipinski definition) is 5. The molecule has 0 spiro atoms. The summed E-state index contributed by atoms with van der Waals surface area (Å²) < 4.78 is 27.0. The summed E-state index contributed by atoms with van der Waals surface area (Å²) in [7, 11) is 0. The second-order valence-corrected chi connectivity index (χ2v) is 10.6. The molecule has 36 heavy (non-hydrogen) atoms. The minimum Gasteiger partial charge on any atom is -0.494 e. The quantitative estimate of drug-likeness (QED) is 0.163. The van der Waals surface area contributed by atoms with Crippen molar-refractivity contribution in [2.75, 3.05) is 32.9 Å². The Morgan fingerprint density at radius 3 is 2.86 bits per heavy atom. The van der Waals surface area contributed by atoms with Crippen LogP contribution >= 0.6 is 11.3 Å². The number of unbranched alkanes of at least 4 members (excludes halogenated alkanes) is 1. The number of nitrogens with one attached hydrogen (secondary N) is 1. The van der Waals surface area contributed by atoms with Crippen molar-refractivity contribution < 1.29 is 13.9 Å². The van der Waals surface area contributed by atoms with Gasteiger partial charge in [0, 0.05) is 55.5 Å². The van der Waals surface area contributed by atoms with E-state index in [4.69, 9.17) is 9.47 Å². The van der Waals surface area contributed by atoms with E-state index in [1.54, 1.807) is 17.4 Å². The van der Waals surface area contributed by atoms with Crippen LogP contribution < -0.4 is 4.74 Å². The van der Waals surface area contributed by atoms with Crippen LogP contribution in [0.15, 0.2) is 54.7 Å². The summed E-state index contributed by atoms with van der Waals surface area (Å²) >= 11 is 1.71. The lowest BCUT2D eigenvalue weighted by Crippen LogP contribution is -2.32. The Labute approximate surface area is 215 Å². The third-order valence-electron chi connectivity index (χ3n) is 6.75. The van der Waals surface area contributed by atoms with Crippen LogP contribution in [0.4, 0.5) is 4.39 Å². The number of ether oxygens (including phenoxy) is 2. The van der Waals surface area contributed by atoms with Gasteiger partial charge in [0.05, 0.1) is 21.8 Å². The summed E-state index contributed by atoms with van der Waals surface area (Å²) in [6, 6.07) is 11.4. The van der Waals surface area contributed by atoms with Gasteiger partial charge in [0.15, 0.2) is 0 Å². The zero-order valence-corrected chi connectivity index (χ0v) is 21.7. The fourth-order valence-electron chi connectivity index (χ4n) is 4.96.